The zero-order chi connectivity index (χ0) is 17.6. The monoisotopic (exact) mass is 378 g/mol. The molecular weight excluding hydrogens is 352 g/mol. The fourth-order valence-corrected chi connectivity index (χ4v) is 4.38. The van der Waals surface area contributed by atoms with Crippen LogP contribution < -0.4 is 5.32 Å². The Bertz CT molecular complexity index is 784. The summed E-state index contributed by atoms with van der Waals surface area (Å²) >= 11 is 0. The van der Waals surface area contributed by atoms with Crippen LogP contribution in [0, 0.1) is 32.6 Å². The van der Waals surface area contributed by atoms with Crippen LogP contribution in [0.15, 0.2) is 16.7 Å². The highest BCUT2D eigenvalue weighted by molar-refractivity contribution is 5.96. The summed E-state index contributed by atoms with van der Waals surface area (Å²) < 4.78 is 7.20. The van der Waals surface area contributed by atoms with Gasteiger partial charge in [0.15, 0.2) is 5.82 Å². The van der Waals surface area contributed by atoms with E-state index in [1.54, 1.807) is 0 Å². The van der Waals surface area contributed by atoms with Crippen LogP contribution in [0.25, 0.3) is 5.82 Å². The van der Waals surface area contributed by atoms with Crippen molar-refractivity contribution in [3.8, 4) is 5.82 Å². The van der Waals surface area contributed by atoms with Gasteiger partial charge in [0, 0.05) is 30.5 Å². The second kappa shape index (κ2) is 7.45. The average molecular weight is 379 g/mol. The van der Waals surface area contributed by atoms with E-state index in [9.17, 15) is 4.79 Å². The van der Waals surface area contributed by atoms with Crippen molar-refractivity contribution < 1.29 is 9.32 Å². The molecule has 0 aromatic carbocycles. The number of nitrogens with one attached hydrogen (secondary N) is 1. The number of rotatable bonds is 2. The van der Waals surface area contributed by atoms with Gasteiger partial charge in [-0.2, -0.15) is 0 Å². The van der Waals surface area contributed by atoms with E-state index >= 15 is 0 Å². The summed E-state index contributed by atoms with van der Waals surface area (Å²) in [5.74, 6) is 3.10. The third kappa shape index (κ3) is 3.28. The smallest absolute Gasteiger partial charge is 0.255 e. The second-order valence-electron chi connectivity index (χ2n) is 7.46. The molecule has 2 aliphatic rings. The van der Waals surface area contributed by atoms with Gasteiger partial charge in [-0.25, -0.2) is 0 Å². The van der Waals surface area contributed by atoms with Crippen molar-refractivity contribution in [3.05, 3.63) is 34.8 Å². The van der Waals surface area contributed by atoms with Gasteiger partial charge in [-0.3, -0.25) is 9.36 Å². The van der Waals surface area contributed by atoms with Gasteiger partial charge < -0.3 is 14.7 Å². The maximum Gasteiger partial charge on any atom is 0.255 e. The number of aryl methyl sites for hydroxylation is 2. The summed E-state index contributed by atoms with van der Waals surface area (Å²) in [7, 11) is 0. The van der Waals surface area contributed by atoms with E-state index in [1.165, 1.54) is 0 Å². The molecule has 2 atom stereocenters. The molecule has 7 heteroatoms. The minimum atomic E-state index is 0. The van der Waals surface area contributed by atoms with Crippen molar-refractivity contribution in [1.82, 2.24) is 19.9 Å². The first-order chi connectivity index (χ1) is 12.0. The summed E-state index contributed by atoms with van der Waals surface area (Å²) in [6.07, 6.45) is 2.20. The van der Waals surface area contributed by atoms with Crippen LogP contribution in [-0.4, -0.2) is 46.7 Å². The first-order valence-corrected chi connectivity index (χ1v) is 9.17. The fraction of sp³-hybridized carbons (Fsp3) is 0.579. The van der Waals surface area contributed by atoms with Crippen LogP contribution in [-0.2, 0) is 0 Å². The van der Waals surface area contributed by atoms with Crippen LogP contribution in [0.4, 0.5) is 0 Å². The van der Waals surface area contributed by atoms with Gasteiger partial charge in [0.2, 0.25) is 0 Å². The SMILES string of the molecule is Cc1cc(-n2c(C)cc(C(=O)N3CC[C@@H]4CNC[C@@H]4CC3)c2C)no1.Cl. The number of aromatic nitrogens is 2. The summed E-state index contributed by atoms with van der Waals surface area (Å²) in [4.78, 5) is 15.2. The molecule has 4 heterocycles. The van der Waals surface area contributed by atoms with Crippen molar-refractivity contribution in [2.24, 2.45) is 11.8 Å². The van der Waals surface area contributed by atoms with E-state index in [0.717, 1.165) is 79.4 Å². The largest absolute Gasteiger partial charge is 0.360 e. The van der Waals surface area contributed by atoms with Crippen LogP contribution in [0.2, 0.25) is 0 Å². The van der Waals surface area contributed by atoms with Crippen molar-refractivity contribution in [1.29, 1.82) is 0 Å². The third-order valence-corrected chi connectivity index (χ3v) is 5.81. The lowest BCUT2D eigenvalue weighted by Gasteiger charge is -2.21. The molecule has 1 amide bonds. The van der Waals surface area contributed by atoms with E-state index in [2.05, 4.69) is 10.5 Å². The number of amides is 1. The summed E-state index contributed by atoms with van der Waals surface area (Å²) in [6.45, 7) is 9.79. The van der Waals surface area contributed by atoms with Crippen LogP contribution >= 0.6 is 12.4 Å². The highest BCUT2D eigenvalue weighted by Gasteiger charge is 2.32. The lowest BCUT2D eigenvalue weighted by atomic mass is 9.92. The van der Waals surface area contributed by atoms with Gasteiger partial charge in [-0.1, -0.05) is 5.16 Å². The Morgan fingerprint density at radius 1 is 1.15 bits per heavy atom. The molecule has 0 spiro atoms. The Kier molecular flexibility index (Phi) is 5.44. The average Bonchev–Trinajstić information content (AvgIpc) is 3.24. The molecule has 2 aromatic heterocycles. The summed E-state index contributed by atoms with van der Waals surface area (Å²) in [5.41, 5.74) is 2.72. The standard InChI is InChI=1S/C19H26N4O2.ClH/c1-12-8-17(14(3)23(12)18-9-13(2)25-21-18)19(24)22-6-4-15-10-20-11-16(15)5-7-22;/h8-9,15-16,20H,4-7,10-11H2,1-3H3;1H/t15-,16+;. The highest BCUT2D eigenvalue weighted by Crippen LogP contribution is 2.29. The summed E-state index contributed by atoms with van der Waals surface area (Å²) in [5, 5.41) is 7.59. The number of halogens is 1. The zero-order valence-corrected chi connectivity index (χ0v) is 16.4. The highest BCUT2D eigenvalue weighted by atomic mass is 35.5. The normalized spacial score (nSPS) is 22.7. The molecule has 1 N–H and O–H groups in total. The van der Waals surface area contributed by atoms with Crippen LogP contribution in [0.5, 0.6) is 0 Å². The maximum absolute atomic E-state index is 13.1. The Morgan fingerprint density at radius 3 is 2.38 bits per heavy atom. The molecule has 0 aliphatic carbocycles. The summed E-state index contributed by atoms with van der Waals surface area (Å²) in [6, 6.07) is 3.88. The van der Waals surface area contributed by atoms with E-state index < -0.39 is 0 Å². The molecule has 4 rings (SSSR count). The predicted octanol–water partition coefficient (Wildman–Crippen LogP) is 2.88. The van der Waals surface area contributed by atoms with Gasteiger partial charge in [0.1, 0.15) is 5.76 Å². The Labute approximate surface area is 160 Å². The Hall–Kier alpha value is -1.79. The van der Waals surface area contributed by atoms with E-state index in [0.29, 0.717) is 0 Å². The van der Waals surface area contributed by atoms with Crippen molar-refractivity contribution in [2.75, 3.05) is 26.2 Å². The lowest BCUT2D eigenvalue weighted by molar-refractivity contribution is 0.0758. The van der Waals surface area contributed by atoms with Crippen LogP contribution in [0.1, 0.15) is 40.3 Å². The van der Waals surface area contributed by atoms with E-state index in [-0.39, 0.29) is 18.3 Å². The van der Waals surface area contributed by atoms with Gasteiger partial charge in [-0.15, -0.1) is 12.4 Å². The lowest BCUT2D eigenvalue weighted by Crippen LogP contribution is -2.33. The molecule has 2 fully saturated rings. The minimum Gasteiger partial charge on any atom is -0.360 e. The Balaban J connectivity index is 0.00000196. The molecular formula is C19H27ClN4O2. The first-order valence-electron chi connectivity index (χ1n) is 9.17. The maximum atomic E-state index is 13.1. The zero-order valence-electron chi connectivity index (χ0n) is 15.6. The molecule has 0 radical (unpaired) electrons. The van der Waals surface area contributed by atoms with Crippen molar-refractivity contribution >= 4 is 18.3 Å². The molecule has 0 bridgehead atoms. The van der Waals surface area contributed by atoms with E-state index in [4.69, 9.17) is 4.52 Å². The van der Waals surface area contributed by atoms with Gasteiger partial charge >= 0.3 is 0 Å². The molecule has 2 saturated heterocycles. The number of hydrogen-bond acceptors (Lipinski definition) is 4. The number of carbonyl (C=O) groups excluding carboxylic acids is 1. The second-order valence-corrected chi connectivity index (χ2v) is 7.46. The predicted molar refractivity (Wildman–Crippen MR) is 102 cm³/mol. The number of likely N-dealkylation sites (tertiary alicyclic amines) is 1. The topological polar surface area (TPSA) is 63.3 Å². The van der Waals surface area contributed by atoms with Gasteiger partial charge in [0.05, 0.1) is 5.56 Å². The number of nitrogens with zero attached hydrogens (tertiary/aromatic N) is 3. The van der Waals surface area contributed by atoms with Crippen molar-refractivity contribution in [2.45, 2.75) is 33.6 Å². The molecule has 142 valence electrons. The number of fused-ring (bicyclic) bond motifs is 1. The minimum absolute atomic E-state index is 0. The molecule has 2 aromatic rings. The molecule has 0 unspecified atom stereocenters. The number of carbonyl (C=O) groups is 1. The number of hydrogen-bond donors (Lipinski definition) is 1. The van der Waals surface area contributed by atoms with Crippen molar-refractivity contribution in [3.63, 3.8) is 0 Å². The molecule has 2 aliphatic heterocycles. The third-order valence-electron chi connectivity index (χ3n) is 5.81. The van der Waals surface area contributed by atoms with Gasteiger partial charge in [-0.05, 0) is 64.6 Å². The molecule has 0 saturated carbocycles. The van der Waals surface area contributed by atoms with Gasteiger partial charge in [0.25, 0.3) is 5.91 Å². The molecule has 6 nitrogen and oxygen atoms in total. The fourth-order valence-electron chi connectivity index (χ4n) is 4.38. The first kappa shape index (κ1) is 19.0. The quantitative estimate of drug-likeness (QED) is 0.872. The Morgan fingerprint density at radius 2 is 1.81 bits per heavy atom. The molecule has 26 heavy (non-hydrogen) atoms. The van der Waals surface area contributed by atoms with E-state index in [1.807, 2.05) is 42.4 Å². The van der Waals surface area contributed by atoms with Crippen LogP contribution in [0.3, 0.4) is 0 Å².